The molecule has 0 saturated carbocycles. The van der Waals surface area contributed by atoms with Gasteiger partial charge in [0, 0.05) is 7.11 Å². The van der Waals surface area contributed by atoms with Gasteiger partial charge >= 0.3 is 90.0 Å². The summed E-state index contributed by atoms with van der Waals surface area (Å²) < 4.78 is 0. The Morgan fingerprint density at radius 2 is 0.650 bits per heavy atom. The van der Waals surface area contributed by atoms with Crippen molar-refractivity contribution in [1.82, 2.24) is 19.9 Å². The van der Waals surface area contributed by atoms with Gasteiger partial charge in [0.1, 0.15) is 0 Å². The molecule has 0 aliphatic carbocycles. The molecule has 0 aliphatic rings. The molecule has 0 radical (unpaired) electrons. The molecule has 13 nitrogen and oxygen atoms in total. The fraction of sp³-hybridized carbons (Fsp3) is 0.0400. The number of aromatic nitrogens is 4. The van der Waals surface area contributed by atoms with Gasteiger partial charge in [-0.25, -0.2) is 19.9 Å². The third kappa shape index (κ3) is 11.1. The number of rotatable bonds is 6. The third-order valence-electron chi connectivity index (χ3n) is 4.36. The van der Waals surface area contributed by atoms with Gasteiger partial charge in [0.2, 0.25) is 0 Å². The smallest absolute Gasteiger partial charge is 0.543 e. The zero-order valence-corrected chi connectivity index (χ0v) is 26.0. The minimum atomic E-state index is -1.41. The maximum Gasteiger partial charge on any atom is 3.00 e. The Hall–Kier alpha value is -2.64. The number of aromatic carboxylic acids is 4. The second-order valence-electron chi connectivity index (χ2n) is 6.78. The molecule has 0 aliphatic heterocycles. The van der Waals surface area contributed by atoms with Crippen molar-refractivity contribution in [3.05, 3.63) is 95.6 Å². The van der Waals surface area contributed by atoms with E-state index in [1.165, 1.54) is 72.8 Å². The molecule has 40 heavy (non-hydrogen) atoms. The number of pyridine rings is 4. The van der Waals surface area contributed by atoms with E-state index in [1.54, 1.807) is 0 Å². The minimum absolute atomic E-state index is 0. The molecule has 1 N–H and O–H groups in total. The van der Waals surface area contributed by atoms with Gasteiger partial charge in [-0.3, -0.25) is 0 Å². The van der Waals surface area contributed by atoms with Crippen molar-refractivity contribution in [3.63, 3.8) is 0 Å². The van der Waals surface area contributed by atoms with E-state index in [0.29, 0.717) is 0 Å². The zero-order chi connectivity index (χ0) is 28.2. The number of aliphatic hydroxyl groups is 1. The zero-order valence-electron chi connectivity index (χ0n) is 20.8. The van der Waals surface area contributed by atoms with Crippen LogP contribution in [0.2, 0.25) is 0 Å². The molecule has 4 aromatic rings. The average Bonchev–Trinajstić information content (AvgIpc) is 2.94. The fourth-order valence-corrected chi connectivity index (χ4v) is 2.76. The number of carbonyl (C=O) groups is 4. The first-order chi connectivity index (χ1) is 18.2. The van der Waals surface area contributed by atoms with Crippen LogP contribution in [-0.4, -0.2) is 56.0 Å². The average molecular weight is 714 g/mol. The molecule has 0 unspecified atom stereocenters. The van der Waals surface area contributed by atoms with E-state index in [9.17, 15) is 39.6 Å². The fourth-order valence-electron chi connectivity index (χ4n) is 2.76. The summed E-state index contributed by atoms with van der Waals surface area (Å²) in [6.07, 6.45) is 0. The van der Waals surface area contributed by atoms with Crippen LogP contribution in [0.4, 0.5) is 0 Å². The molecular formula is C25H16KN4O9Tb. The van der Waals surface area contributed by atoms with Gasteiger partial charge in [0.15, 0.2) is 0 Å². The summed E-state index contributed by atoms with van der Waals surface area (Å²) in [7, 11) is 1.00. The largest absolute Gasteiger partial charge is 3.00 e. The van der Waals surface area contributed by atoms with E-state index in [0.717, 1.165) is 7.11 Å². The van der Waals surface area contributed by atoms with Gasteiger partial charge in [0.25, 0.3) is 0 Å². The number of nitrogens with zero attached hydrogens (tertiary/aromatic N) is 4. The van der Waals surface area contributed by atoms with E-state index in [1.807, 2.05) is 0 Å². The standard InChI is InChI=1S/2C12H8N2O4.CH4O.K.Tb/c2*15-11(16)9-5-1-3-7(13-9)8-4-2-6-10(14-8)12(17)18;1-2;;/h2*1-6H,(H,15,16)(H,17,18);2H,1H3;;/q;;;+1;+3/p-4. The topological polar surface area (TPSA) is 232 Å². The number of carbonyl (C=O) groups excluding carboxylic acids is 4. The van der Waals surface area contributed by atoms with Crippen LogP contribution in [-0.2, 0) is 0 Å². The Bertz CT molecular complexity index is 1270. The Balaban J connectivity index is 0.000000684. The van der Waals surface area contributed by atoms with Crippen molar-refractivity contribution in [1.29, 1.82) is 0 Å². The first-order valence-electron chi connectivity index (χ1n) is 10.3. The normalized spacial score (nSPS) is 9.15. The van der Waals surface area contributed by atoms with E-state index in [-0.39, 0.29) is 136 Å². The minimum Gasteiger partial charge on any atom is -0.543 e. The predicted molar refractivity (Wildman–Crippen MR) is 120 cm³/mol. The molecule has 0 spiro atoms. The molecule has 4 heterocycles. The van der Waals surface area contributed by atoms with Crippen molar-refractivity contribution in [2.75, 3.05) is 7.11 Å². The van der Waals surface area contributed by atoms with Crippen LogP contribution in [0.1, 0.15) is 42.0 Å². The van der Waals surface area contributed by atoms with Gasteiger partial charge < -0.3 is 44.7 Å². The van der Waals surface area contributed by atoms with Crippen LogP contribution in [0.3, 0.4) is 0 Å². The summed E-state index contributed by atoms with van der Waals surface area (Å²) in [5.74, 6) is -5.64. The van der Waals surface area contributed by atoms with Crippen molar-refractivity contribution >= 4 is 23.9 Å². The summed E-state index contributed by atoms with van der Waals surface area (Å²) in [6, 6.07) is 17.1. The Labute approximate surface area is 300 Å². The van der Waals surface area contributed by atoms with Gasteiger partial charge in [-0.2, -0.15) is 0 Å². The Morgan fingerprint density at radius 1 is 0.475 bits per heavy atom. The number of carboxylic acid groups (broad SMARTS) is 4. The molecular weight excluding hydrogens is 698 g/mol. The molecule has 15 heteroatoms. The molecule has 200 valence electrons. The van der Waals surface area contributed by atoms with Crippen LogP contribution in [0, 0.1) is 38.6 Å². The number of carboxylic acids is 4. The maximum absolute atomic E-state index is 10.7. The van der Waals surface area contributed by atoms with Gasteiger partial charge in [-0.1, -0.05) is 24.3 Å². The number of aliphatic hydroxyl groups excluding tert-OH is 1. The number of hydrogen-bond donors (Lipinski definition) is 1. The van der Waals surface area contributed by atoms with Crippen LogP contribution < -0.4 is 71.8 Å². The second-order valence-corrected chi connectivity index (χ2v) is 6.78. The summed E-state index contributed by atoms with van der Waals surface area (Å²) in [5, 5.41) is 49.6. The summed E-state index contributed by atoms with van der Waals surface area (Å²) >= 11 is 0. The van der Waals surface area contributed by atoms with Crippen molar-refractivity contribution in [3.8, 4) is 22.8 Å². The monoisotopic (exact) mass is 714 g/mol. The van der Waals surface area contributed by atoms with Gasteiger partial charge in [-0.05, 0) is 48.5 Å². The third-order valence-corrected chi connectivity index (χ3v) is 4.36. The SMILES string of the molecule is CO.O=C([O-])c1cccc(-c2cccc(C(=O)[O-])n2)n1.O=C([O-])c1cccc(-c2cccc(C(=O)[O-])n2)n1.[K+].[Tb+3]. The summed E-state index contributed by atoms with van der Waals surface area (Å²) in [6.45, 7) is 0. The summed E-state index contributed by atoms with van der Waals surface area (Å²) in [5.41, 5.74) is 0.0295. The van der Waals surface area contributed by atoms with Crippen LogP contribution in [0.5, 0.6) is 0 Å². The molecule has 0 amide bonds. The number of hydrogen-bond acceptors (Lipinski definition) is 13. The van der Waals surface area contributed by atoms with E-state index in [4.69, 9.17) is 5.11 Å². The molecule has 4 rings (SSSR count). The maximum atomic E-state index is 10.7. The van der Waals surface area contributed by atoms with E-state index in [2.05, 4.69) is 19.9 Å². The van der Waals surface area contributed by atoms with Crippen molar-refractivity contribution in [2.45, 2.75) is 0 Å². The molecule has 0 aromatic carbocycles. The van der Waals surface area contributed by atoms with Gasteiger partial charge in [0.05, 0.1) is 69.4 Å². The van der Waals surface area contributed by atoms with E-state index >= 15 is 0 Å². The summed E-state index contributed by atoms with van der Waals surface area (Å²) in [4.78, 5) is 57.9. The molecule has 0 atom stereocenters. The van der Waals surface area contributed by atoms with Crippen LogP contribution in [0.25, 0.3) is 22.8 Å². The first-order valence-corrected chi connectivity index (χ1v) is 10.3. The van der Waals surface area contributed by atoms with Crippen molar-refractivity contribution < 1.29 is 135 Å². The predicted octanol–water partition coefficient (Wildman–Crippen LogP) is -5.65. The van der Waals surface area contributed by atoms with Crippen LogP contribution >= 0.6 is 0 Å². The van der Waals surface area contributed by atoms with Crippen LogP contribution in [0.15, 0.2) is 72.8 Å². The van der Waals surface area contributed by atoms with Gasteiger partial charge in [-0.15, -0.1) is 0 Å². The molecule has 0 bridgehead atoms. The second kappa shape index (κ2) is 18.7. The molecule has 0 fully saturated rings. The quantitative estimate of drug-likeness (QED) is 0.184. The molecule has 4 aromatic heterocycles. The van der Waals surface area contributed by atoms with E-state index < -0.39 is 23.9 Å². The Morgan fingerprint density at radius 3 is 0.800 bits per heavy atom. The Kier molecular flexibility index (Phi) is 17.4. The molecule has 0 saturated heterocycles. The first kappa shape index (κ1) is 37.4. The van der Waals surface area contributed by atoms with Crippen molar-refractivity contribution in [2.24, 2.45) is 0 Å².